The molecule has 0 spiro atoms. The fraction of sp³-hybridized carbons (Fsp3) is 0.409. The number of anilines is 1. The van der Waals surface area contributed by atoms with Crippen LogP contribution >= 0.6 is 0 Å². The second-order valence-corrected chi connectivity index (χ2v) is 10.2. The molecule has 0 aromatic heterocycles. The van der Waals surface area contributed by atoms with Crippen LogP contribution in [0.4, 0.5) is 5.69 Å². The number of rotatable bonds is 5. The minimum Gasteiger partial charge on any atom is -0.487 e. The van der Waals surface area contributed by atoms with Crippen molar-refractivity contribution in [2.24, 2.45) is 0 Å². The van der Waals surface area contributed by atoms with Crippen molar-refractivity contribution in [1.29, 1.82) is 0 Å². The van der Waals surface area contributed by atoms with Crippen LogP contribution in [0, 0.1) is 13.8 Å². The quantitative estimate of drug-likeness (QED) is 0.810. The van der Waals surface area contributed by atoms with E-state index in [0.717, 1.165) is 33.0 Å². The lowest BCUT2D eigenvalue weighted by Crippen LogP contribution is -2.45. The molecule has 3 rings (SSSR count). The van der Waals surface area contributed by atoms with E-state index in [1.165, 1.54) is 0 Å². The highest BCUT2D eigenvalue weighted by molar-refractivity contribution is 7.92. The third-order valence-corrected chi connectivity index (χ3v) is 6.08. The average Bonchev–Trinajstić information content (AvgIpc) is 2.57. The lowest BCUT2D eigenvalue weighted by molar-refractivity contribution is -0.120. The maximum Gasteiger partial charge on any atom is 0.241 e. The molecule has 0 unspecified atom stereocenters. The molecule has 156 valence electrons. The summed E-state index contributed by atoms with van der Waals surface area (Å²) in [6.45, 7) is 7.55. The summed E-state index contributed by atoms with van der Waals surface area (Å²) in [6.07, 6.45) is 1.70. The Morgan fingerprint density at radius 1 is 1.17 bits per heavy atom. The van der Waals surface area contributed by atoms with Gasteiger partial charge in [-0.2, -0.15) is 0 Å². The minimum atomic E-state index is -3.61. The van der Waals surface area contributed by atoms with Crippen LogP contribution < -0.4 is 14.4 Å². The first-order valence-corrected chi connectivity index (χ1v) is 11.4. The molecule has 0 saturated carbocycles. The van der Waals surface area contributed by atoms with E-state index in [9.17, 15) is 13.2 Å². The molecule has 0 radical (unpaired) electrons. The number of ether oxygens (including phenoxy) is 1. The van der Waals surface area contributed by atoms with Crippen molar-refractivity contribution in [1.82, 2.24) is 5.32 Å². The van der Waals surface area contributed by atoms with Crippen LogP contribution in [0.25, 0.3) is 0 Å². The van der Waals surface area contributed by atoms with Crippen LogP contribution in [0.15, 0.2) is 42.5 Å². The SMILES string of the molecule is Cc1cccc(N(CC(=O)N[C@H]2CC(C)(C)Oc3cc(C)ccc32)S(C)(=O)=O)c1. The van der Waals surface area contributed by atoms with Gasteiger partial charge in [-0.3, -0.25) is 9.10 Å². The third-order valence-electron chi connectivity index (χ3n) is 4.94. The van der Waals surface area contributed by atoms with Crippen LogP contribution in [0.1, 0.15) is 43.0 Å². The first-order valence-electron chi connectivity index (χ1n) is 9.58. The molecule has 2 aromatic carbocycles. The molecule has 1 aliphatic heterocycles. The van der Waals surface area contributed by atoms with Gasteiger partial charge in [-0.1, -0.05) is 24.3 Å². The molecule has 29 heavy (non-hydrogen) atoms. The second-order valence-electron chi connectivity index (χ2n) is 8.34. The Balaban J connectivity index is 1.84. The smallest absolute Gasteiger partial charge is 0.241 e. The van der Waals surface area contributed by atoms with Crippen molar-refractivity contribution in [3.05, 3.63) is 59.2 Å². The maximum absolute atomic E-state index is 12.9. The summed E-state index contributed by atoms with van der Waals surface area (Å²) in [4.78, 5) is 12.9. The summed E-state index contributed by atoms with van der Waals surface area (Å²) in [7, 11) is -3.61. The van der Waals surface area contributed by atoms with Crippen molar-refractivity contribution in [2.75, 3.05) is 17.1 Å². The molecule has 0 aliphatic carbocycles. The van der Waals surface area contributed by atoms with E-state index in [4.69, 9.17) is 4.74 Å². The highest BCUT2D eigenvalue weighted by Crippen LogP contribution is 2.39. The van der Waals surface area contributed by atoms with E-state index < -0.39 is 15.6 Å². The Morgan fingerprint density at radius 2 is 1.86 bits per heavy atom. The molecule has 0 bridgehead atoms. The van der Waals surface area contributed by atoms with Gasteiger partial charge in [0.1, 0.15) is 17.9 Å². The number of hydrogen-bond donors (Lipinski definition) is 1. The summed E-state index contributed by atoms with van der Waals surface area (Å²) < 4.78 is 31.9. The summed E-state index contributed by atoms with van der Waals surface area (Å²) in [5, 5.41) is 3.01. The van der Waals surface area contributed by atoms with Gasteiger partial charge in [0.15, 0.2) is 0 Å². The molecule has 1 heterocycles. The van der Waals surface area contributed by atoms with Crippen molar-refractivity contribution in [2.45, 2.75) is 45.8 Å². The van der Waals surface area contributed by atoms with Gasteiger partial charge in [0, 0.05) is 12.0 Å². The van der Waals surface area contributed by atoms with E-state index in [0.29, 0.717) is 12.1 Å². The van der Waals surface area contributed by atoms with Crippen LogP contribution in [0.2, 0.25) is 0 Å². The van der Waals surface area contributed by atoms with Gasteiger partial charge in [0.25, 0.3) is 0 Å². The Bertz CT molecular complexity index is 1030. The van der Waals surface area contributed by atoms with Crippen LogP contribution in [0.3, 0.4) is 0 Å². The second kappa shape index (κ2) is 7.71. The molecule has 1 amide bonds. The van der Waals surface area contributed by atoms with Crippen molar-refractivity contribution >= 4 is 21.6 Å². The first kappa shape index (κ1) is 21.2. The molecule has 2 aromatic rings. The van der Waals surface area contributed by atoms with Gasteiger partial charge in [0.05, 0.1) is 18.0 Å². The van der Waals surface area contributed by atoms with Gasteiger partial charge < -0.3 is 10.1 Å². The molecule has 1 atom stereocenters. The van der Waals surface area contributed by atoms with Crippen molar-refractivity contribution < 1.29 is 17.9 Å². The molecular weight excluding hydrogens is 388 g/mol. The number of benzene rings is 2. The molecule has 1 aliphatic rings. The zero-order valence-corrected chi connectivity index (χ0v) is 18.3. The summed E-state index contributed by atoms with van der Waals surface area (Å²) >= 11 is 0. The van der Waals surface area contributed by atoms with Crippen molar-refractivity contribution in [3.63, 3.8) is 0 Å². The standard InChI is InChI=1S/C22H28N2O4S/c1-15-7-6-8-17(11-15)24(29(5,26)27)14-21(25)23-19-13-22(3,4)28-20-12-16(2)9-10-18(19)20/h6-12,19H,13-14H2,1-5H3,(H,23,25)/t19-/m0/s1. The number of amides is 1. The van der Waals surface area contributed by atoms with Crippen LogP contribution in [0.5, 0.6) is 5.75 Å². The lowest BCUT2D eigenvalue weighted by atomic mass is 9.89. The first-order chi connectivity index (χ1) is 13.4. The fourth-order valence-corrected chi connectivity index (χ4v) is 4.49. The molecule has 0 saturated heterocycles. The number of nitrogens with one attached hydrogen (secondary N) is 1. The molecule has 0 fully saturated rings. The highest BCUT2D eigenvalue weighted by atomic mass is 32.2. The zero-order valence-electron chi connectivity index (χ0n) is 17.5. The van der Waals surface area contributed by atoms with Crippen LogP contribution in [-0.2, 0) is 14.8 Å². The van der Waals surface area contributed by atoms with E-state index in [2.05, 4.69) is 5.32 Å². The zero-order chi connectivity index (χ0) is 21.4. The van der Waals surface area contributed by atoms with E-state index >= 15 is 0 Å². The van der Waals surface area contributed by atoms with E-state index in [-0.39, 0.29) is 18.5 Å². The van der Waals surface area contributed by atoms with Gasteiger partial charge in [0.2, 0.25) is 15.9 Å². The van der Waals surface area contributed by atoms with Gasteiger partial charge in [-0.15, -0.1) is 0 Å². The summed E-state index contributed by atoms with van der Waals surface area (Å²) in [6, 6.07) is 12.8. The van der Waals surface area contributed by atoms with Crippen molar-refractivity contribution in [3.8, 4) is 5.75 Å². The lowest BCUT2D eigenvalue weighted by Gasteiger charge is -2.38. The predicted octanol–water partition coefficient (Wildman–Crippen LogP) is 3.49. The average molecular weight is 417 g/mol. The third kappa shape index (κ3) is 5.09. The number of carbonyl (C=O) groups is 1. The number of aryl methyl sites for hydroxylation is 2. The Kier molecular flexibility index (Phi) is 5.63. The largest absolute Gasteiger partial charge is 0.487 e. The molecular formula is C22H28N2O4S. The normalized spacial score (nSPS) is 17.8. The number of carbonyl (C=O) groups excluding carboxylic acids is 1. The Hall–Kier alpha value is -2.54. The van der Waals surface area contributed by atoms with E-state index in [1.54, 1.807) is 18.2 Å². The fourth-order valence-electron chi connectivity index (χ4n) is 3.64. The number of nitrogens with zero attached hydrogens (tertiary/aromatic N) is 1. The topological polar surface area (TPSA) is 75.7 Å². The van der Waals surface area contributed by atoms with Crippen LogP contribution in [-0.4, -0.2) is 32.7 Å². The number of fused-ring (bicyclic) bond motifs is 1. The van der Waals surface area contributed by atoms with Gasteiger partial charge in [-0.25, -0.2) is 8.42 Å². The Labute approximate surface area is 172 Å². The van der Waals surface area contributed by atoms with Gasteiger partial charge >= 0.3 is 0 Å². The molecule has 7 heteroatoms. The maximum atomic E-state index is 12.9. The highest BCUT2D eigenvalue weighted by Gasteiger charge is 2.35. The Morgan fingerprint density at radius 3 is 2.52 bits per heavy atom. The number of hydrogen-bond acceptors (Lipinski definition) is 4. The minimum absolute atomic E-state index is 0.249. The summed E-state index contributed by atoms with van der Waals surface area (Å²) in [5.41, 5.74) is 2.95. The summed E-state index contributed by atoms with van der Waals surface area (Å²) in [5.74, 6) is 0.399. The molecule has 6 nitrogen and oxygen atoms in total. The van der Waals surface area contributed by atoms with E-state index in [1.807, 2.05) is 52.0 Å². The number of sulfonamides is 1. The molecule has 1 N–H and O–H groups in total. The monoisotopic (exact) mass is 416 g/mol. The van der Waals surface area contributed by atoms with Gasteiger partial charge in [-0.05, 0) is 57.0 Å². The predicted molar refractivity (Wildman–Crippen MR) is 115 cm³/mol.